The molecule has 0 saturated carbocycles. The molecule has 0 radical (unpaired) electrons. The van der Waals surface area contributed by atoms with Gasteiger partial charge in [0.25, 0.3) is 0 Å². The Morgan fingerprint density at radius 3 is 1.85 bits per heavy atom. The lowest BCUT2D eigenvalue weighted by molar-refractivity contribution is 0.372. The molecule has 0 amide bonds. The fraction of sp³-hybridized carbons (Fsp3) is 0.333. The van der Waals surface area contributed by atoms with Crippen molar-refractivity contribution in [3.8, 4) is 0 Å². The molecule has 0 aliphatic carbocycles. The lowest BCUT2D eigenvalue weighted by atomic mass is 10.0. The predicted molar refractivity (Wildman–Crippen MR) is 88.8 cm³/mol. The molecule has 106 valence electrons. The van der Waals surface area contributed by atoms with Crippen molar-refractivity contribution in [1.82, 2.24) is 0 Å². The van der Waals surface area contributed by atoms with Gasteiger partial charge >= 0.3 is 0 Å². The number of hydrogen-bond acceptors (Lipinski definition) is 1. The summed E-state index contributed by atoms with van der Waals surface area (Å²) >= 11 is 0. The van der Waals surface area contributed by atoms with Crippen LogP contribution in [0.2, 0.25) is 6.04 Å². The first-order chi connectivity index (χ1) is 9.58. The normalized spacial score (nSPS) is 14.8. The maximum atomic E-state index is 6.23. The molecule has 0 aliphatic heterocycles. The average molecular weight is 284 g/mol. The highest BCUT2D eigenvalue weighted by atomic mass is 28.4. The topological polar surface area (TPSA) is 9.23 Å². The van der Waals surface area contributed by atoms with Gasteiger partial charge in [-0.1, -0.05) is 81.4 Å². The molecule has 2 rings (SSSR count). The van der Waals surface area contributed by atoms with Gasteiger partial charge in [-0.05, 0) is 16.8 Å². The fourth-order valence-electron chi connectivity index (χ4n) is 3.32. The predicted octanol–water partition coefficient (Wildman–Crippen LogP) is 4.02. The van der Waals surface area contributed by atoms with Gasteiger partial charge in [0.05, 0.1) is 0 Å². The summed E-state index contributed by atoms with van der Waals surface area (Å²) in [5, 5.41) is 1.40. The van der Waals surface area contributed by atoms with E-state index in [0.717, 1.165) is 6.04 Å². The van der Waals surface area contributed by atoms with Crippen LogP contribution in [0.1, 0.15) is 26.3 Å². The number of hydrogen-bond donors (Lipinski definition) is 0. The quantitative estimate of drug-likeness (QED) is 0.754. The van der Waals surface area contributed by atoms with E-state index >= 15 is 0 Å². The monoisotopic (exact) mass is 284 g/mol. The zero-order valence-corrected chi connectivity index (χ0v) is 13.9. The molecule has 2 aromatic rings. The Kier molecular flexibility index (Phi) is 4.46. The van der Waals surface area contributed by atoms with Crippen molar-refractivity contribution < 1.29 is 4.43 Å². The van der Waals surface area contributed by atoms with Crippen LogP contribution in [-0.2, 0) is 9.46 Å². The van der Waals surface area contributed by atoms with Crippen LogP contribution in [-0.4, -0.2) is 15.4 Å². The maximum Gasteiger partial charge on any atom is 0.233 e. The van der Waals surface area contributed by atoms with Crippen LogP contribution < -0.4 is 5.19 Å². The van der Waals surface area contributed by atoms with E-state index in [0.29, 0.717) is 0 Å². The number of rotatable bonds is 5. The zero-order chi connectivity index (χ0) is 14.6. The third kappa shape index (κ3) is 2.34. The summed E-state index contributed by atoms with van der Waals surface area (Å²) in [6.45, 7) is 6.91. The van der Waals surface area contributed by atoms with Gasteiger partial charge < -0.3 is 4.43 Å². The van der Waals surface area contributed by atoms with E-state index in [2.05, 4.69) is 81.4 Å². The Morgan fingerprint density at radius 1 is 0.900 bits per heavy atom. The molecule has 0 aromatic heterocycles. The van der Waals surface area contributed by atoms with E-state index in [1.807, 2.05) is 7.11 Å². The molecule has 0 bridgehead atoms. The van der Waals surface area contributed by atoms with E-state index < -0.39 is 8.32 Å². The standard InChI is InChI=1S/C18H24OSi/c1-5-20(19-4,17-14-10-7-11-15-17)18(2,3)16-12-8-6-9-13-16/h6-15H,5H2,1-4H3. The van der Waals surface area contributed by atoms with Gasteiger partial charge in [0, 0.05) is 12.1 Å². The first-order valence-electron chi connectivity index (χ1n) is 7.24. The van der Waals surface area contributed by atoms with Crippen molar-refractivity contribution in [2.45, 2.75) is 31.9 Å². The molecular formula is C18H24OSi. The maximum absolute atomic E-state index is 6.23. The summed E-state index contributed by atoms with van der Waals surface area (Å²) in [7, 11) is -0.206. The van der Waals surface area contributed by atoms with Crippen molar-refractivity contribution in [3.63, 3.8) is 0 Å². The highest BCUT2D eigenvalue weighted by Gasteiger charge is 2.49. The van der Waals surface area contributed by atoms with Crippen molar-refractivity contribution in [1.29, 1.82) is 0 Å². The molecule has 0 saturated heterocycles. The number of benzene rings is 2. The van der Waals surface area contributed by atoms with Crippen molar-refractivity contribution in [2.75, 3.05) is 7.11 Å². The molecule has 2 aromatic carbocycles. The highest BCUT2D eigenvalue weighted by molar-refractivity contribution is 6.88. The van der Waals surface area contributed by atoms with E-state index in [9.17, 15) is 0 Å². The van der Waals surface area contributed by atoms with Gasteiger partial charge in [-0.2, -0.15) is 0 Å². The summed E-state index contributed by atoms with van der Waals surface area (Å²) in [4.78, 5) is 0. The van der Waals surface area contributed by atoms with Gasteiger partial charge in [0.2, 0.25) is 8.32 Å². The van der Waals surface area contributed by atoms with Crippen molar-refractivity contribution in [3.05, 3.63) is 66.2 Å². The molecule has 1 nitrogen and oxygen atoms in total. The van der Waals surface area contributed by atoms with E-state index in [1.165, 1.54) is 10.8 Å². The molecule has 1 atom stereocenters. The highest BCUT2D eigenvalue weighted by Crippen LogP contribution is 2.36. The Bertz CT molecular complexity index is 530. The summed E-state index contributed by atoms with van der Waals surface area (Å²) in [6, 6.07) is 22.6. The Hall–Kier alpha value is -1.38. The summed E-state index contributed by atoms with van der Waals surface area (Å²) in [5.41, 5.74) is 1.36. The van der Waals surface area contributed by atoms with Gasteiger partial charge in [-0.15, -0.1) is 0 Å². The Labute approximate surface area is 123 Å². The lowest BCUT2D eigenvalue weighted by Crippen LogP contribution is -2.63. The molecule has 1 unspecified atom stereocenters. The van der Waals surface area contributed by atoms with Crippen LogP contribution in [0.4, 0.5) is 0 Å². The van der Waals surface area contributed by atoms with E-state index in [4.69, 9.17) is 4.43 Å². The SMILES string of the molecule is CC[Si](OC)(c1ccccc1)C(C)(C)c1ccccc1. The zero-order valence-electron chi connectivity index (χ0n) is 12.9. The third-order valence-electron chi connectivity index (χ3n) is 4.59. The van der Waals surface area contributed by atoms with Crippen LogP contribution in [0.15, 0.2) is 60.7 Å². The van der Waals surface area contributed by atoms with Crippen LogP contribution in [0, 0.1) is 0 Å². The summed E-state index contributed by atoms with van der Waals surface area (Å²) in [5.74, 6) is 0. The Morgan fingerprint density at radius 2 is 1.40 bits per heavy atom. The van der Waals surface area contributed by atoms with Gasteiger partial charge in [0.1, 0.15) is 0 Å². The minimum absolute atomic E-state index is 0.0269. The minimum Gasteiger partial charge on any atom is -0.415 e. The van der Waals surface area contributed by atoms with E-state index in [1.54, 1.807) is 0 Å². The molecule has 20 heavy (non-hydrogen) atoms. The van der Waals surface area contributed by atoms with Crippen molar-refractivity contribution >= 4 is 13.5 Å². The summed E-state index contributed by atoms with van der Waals surface area (Å²) < 4.78 is 6.23. The second-order valence-corrected chi connectivity index (χ2v) is 10.3. The second kappa shape index (κ2) is 5.94. The first-order valence-corrected chi connectivity index (χ1v) is 9.36. The molecule has 0 fully saturated rings. The van der Waals surface area contributed by atoms with Crippen LogP contribution in [0.5, 0.6) is 0 Å². The molecule has 0 N–H and O–H groups in total. The molecule has 0 heterocycles. The van der Waals surface area contributed by atoms with Gasteiger partial charge in [-0.25, -0.2) is 0 Å². The van der Waals surface area contributed by atoms with Crippen LogP contribution in [0.3, 0.4) is 0 Å². The molecule has 2 heteroatoms. The lowest BCUT2D eigenvalue weighted by Gasteiger charge is -2.43. The molecule has 0 aliphatic rings. The third-order valence-corrected chi connectivity index (χ3v) is 9.86. The fourth-order valence-corrected chi connectivity index (χ4v) is 7.73. The van der Waals surface area contributed by atoms with Crippen LogP contribution >= 0.6 is 0 Å². The largest absolute Gasteiger partial charge is 0.415 e. The van der Waals surface area contributed by atoms with Gasteiger partial charge in [-0.3, -0.25) is 0 Å². The molecular weight excluding hydrogens is 260 g/mol. The van der Waals surface area contributed by atoms with Crippen molar-refractivity contribution in [2.24, 2.45) is 0 Å². The first kappa shape index (κ1) is 15.0. The van der Waals surface area contributed by atoms with E-state index in [-0.39, 0.29) is 5.04 Å². The van der Waals surface area contributed by atoms with Crippen LogP contribution in [0.25, 0.3) is 0 Å². The second-order valence-electron chi connectivity index (χ2n) is 5.74. The Balaban J connectivity index is 2.59. The minimum atomic E-state index is -2.09. The average Bonchev–Trinajstić information content (AvgIpc) is 2.51. The van der Waals surface area contributed by atoms with Gasteiger partial charge in [0.15, 0.2) is 0 Å². The summed E-state index contributed by atoms with van der Waals surface area (Å²) in [6.07, 6.45) is 0. The smallest absolute Gasteiger partial charge is 0.233 e. The molecule has 0 spiro atoms.